The molecular weight excluding hydrogens is 282 g/mol. The molecule has 0 bridgehead atoms. The number of nitrogens with zero attached hydrogens (tertiary/aromatic N) is 2. The average molecular weight is 303 g/mol. The first-order chi connectivity index (χ1) is 10.3. The Kier molecular flexibility index (Phi) is 6.37. The zero-order valence-electron chi connectivity index (χ0n) is 12.1. The average Bonchev–Trinajstić information content (AvgIpc) is 3.03. The van der Waals surface area contributed by atoms with Crippen molar-refractivity contribution in [3.8, 4) is 0 Å². The number of amides is 1. The molecule has 0 spiro atoms. The van der Waals surface area contributed by atoms with Crippen molar-refractivity contribution in [1.82, 2.24) is 9.88 Å². The largest absolute Gasteiger partial charge is 0.338 e. The molecule has 0 atom stereocenters. The SMILES string of the molecule is NCCCN(Cc1ccccc1)C(=O)CCc1cscn1. The van der Waals surface area contributed by atoms with E-state index >= 15 is 0 Å². The molecule has 1 aromatic heterocycles. The highest BCUT2D eigenvalue weighted by Gasteiger charge is 2.14. The fraction of sp³-hybridized carbons (Fsp3) is 0.375. The molecule has 0 radical (unpaired) electrons. The summed E-state index contributed by atoms with van der Waals surface area (Å²) in [5.41, 5.74) is 9.52. The molecule has 1 heterocycles. The summed E-state index contributed by atoms with van der Waals surface area (Å²) < 4.78 is 0. The van der Waals surface area contributed by atoms with Gasteiger partial charge in [0.25, 0.3) is 0 Å². The lowest BCUT2D eigenvalue weighted by Crippen LogP contribution is -2.32. The van der Waals surface area contributed by atoms with Crippen molar-refractivity contribution in [2.45, 2.75) is 25.8 Å². The first kappa shape index (κ1) is 15.7. The van der Waals surface area contributed by atoms with Crippen molar-refractivity contribution in [2.75, 3.05) is 13.1 Å². The minimum absolute atomic E-state index is 0.167. The highest BCUT2D eigenvalue weighted by Crippen LogP contribution is 2.10. The summed E-state index contributed by atoms with van der Waals surface area (Å²) in [5, 5.41) is 1.99. The van der Waals surface area contributed by atoms with Crippen molar-refractivity contribution >= 4 is 17.2 Å². The number of hydrogen-bond donors (Lipinski definition) is 1. The second kappa shape index (κ2) is 8.54. The Morgan fingerprint density at radius 3 is 2.76 bits per heavy atom. The standard InChI is InChI=1S/C16H21N3OS/c17-9-4-10-19(11-14-5-2-1-3-6-14)16(20)8-7-15-12-21-13-18-15/h1-3,5-6,12-13H,4,7-11,17H2. The molecule has 2 aromatic rings. The number of thiazole rings is 1. The van der Waals surface area contributed by atoms with E-state index in [0.717, 1.165) is 17.7 Å². The van der Waals surface area contributed by atoms with E-state index in [1.807, 2.05) is 40.6 Å². The number of rotatable bonds is 8. The predicted octanol–water partition coefficient (Wildman–Crippen LogP) is 2.45. The van der Waals surface area contributed by atoms with Crippen LogP contribution in [0.2, 0.25) is 0 Å². The van der Waals surface area contributed by atoms with E-state index in [1.165, 1.54) is 0 Å². The molecule has 4 nitrogen and oxygen atoms in total. The molecule has 21 heavy (non-hydrogen) atoms. The molecule has 2 N–H and O–H groups in total. The van der Waals surface area contributed by atoms with Gasteiger partial charge in [-0.2, -0.15) is 0 Å². The summed E-state index contributed by atoms with van der Waals surface area (Å²) in [6, 6.07) is 10.1. The van der Waals surface area contributed by atoms with Gasteiger partial charge in [-0.3, -0.25) is 4.79 Å². The summed E-state index contributed by atoms with van der Waals surface area (Å²) in [5.74, 6) is 0.167. The van der Waals surface area contributed by atoms with E-state index in [-0.39, 0.29) is 5.91 Å². The number of benzene rings is 1. The molecule has 1 amide bonds. The zero-order valence-corrected chi connectivity index (χ0v) is 12.9. The van der Waals surface area contributed by atoms with Crippen molar-refractivity contribution < 1.29 is 4.79 Å². The third-order valence-corrected chi connectivity index (χ3v) is 3.91. The maximum absolute atomic E-state index is 12.4. The fourth-order valence-corrected chi connectivity index (χ4v) is 2.72. The van der Waals surface area contributed by atoms with Gasteiger partial charge in [0.2, 0.25) is 5.91 Å². The topological polar surface area (TPSA) is 59.2 Å². The van der Waals surface area contributed by atoms with Gasteiger partial charge in [0, 0.05) is 24.9 Å². The van der Waals surface area contributed by atoms with Gasteiger partial charge in [-0.25, -0.2) is 4.98 Å². The van der Waals surface area contributed by atoms with Crippen LogP contribution in [0.3, 0.4) is 0 Å². The van der Waals surface area contributed by atoms with Gasteiger partial charge in [-0.05, 0) is 24.9 Å². The third kappa shape index (κ3) is 5.28. The Morgan fingerprint density at radius 2 is 2.10 bits per heavy atom. The molecular formula is C16H21N3OS. The Bertz CT molecular complexity index is 528. The second-order valence-electron chi connectivity index (χ2n) is 4.92. The van der Waals surface area contributed by atoms with Crippen molar-refractivity contribution in [2.24, 2.45) is 5.73 Å². The van der Waals surface area contributed by atoms with Crippen LogP contribution < -0.4 is 5.73 Å². The van der Waals surface area contributed by atoms with Crippen LogP contribution in [0.5, 0.6) is 0 Å². The Balaban J connectivity index is 1.92. The Hall–Kier alpha value is -1.72. The van der Waals surface area contributed by atoms with E-state index < -0.39 is 0 Å². The van der Waals surface area contributed by atoms with Crippen molar-refractivity contribution in [1.29, 1.82) is 0 Å². The van der Waals surface area contributed by atoms with Crippen molar-refractivity contribution in [3.05, 3.63) is 52.5 Å². The van der Waals surface area contributed by atoms with Gasteiger partial charge in [0.05, 0.1) is 11.2 Å². The van der Waals surface area contributed by atoms with E-state index in [0.29, 0.717) is 32.5 Å². The summed E-state index contributed by atoms with van der Waals surface area (Å²) >= 11 is 1.56. The van der Waals surface area contributed by atoms with Crippen LogP contribution in [-0.2, 0) is 17.8 Å². The maximum atomic E-state index is 12.4. The highest BCUT2D eigenvalue weighted by atomic mass is 32.1. The number of hydrogen-bond acceptors (Lipinski definition) is 4. The minimum atomic E-state index is 0.167. The van der Waals surface area contributed by atoms with Crippen molar-refractivity contribution in [3.63, 3.8) is 0 Å². The highest BCUT2D eigenvalue weighted by molar-refractivity contribution is 7.07. The van der Waals surface area contributed by atoms with E-state index in [4.69, 9.17) is 5.73 Å². The van der Waals surface area contributed by atoms with Crippen LogP contribution in [0.4, 0.5) is 0 Å². The fourth-order valence-electron chi connectivity index (χ4n) is 2.13. The minimum Gasteiger partial charge on any atom is -0.338 e. The lowest BCUT2D eigenvalue weighted by Gasteiger charge is -2.22. The van der Waals surface area contributed by atoms with Gasteiger partial charge in [-0.1, -0.05) is 30.3 Å². The molecule has 112 valence electrons. The second-order valence-corrected chi connectivity index (χ2v) is 5.64. The normalized spacial score (nSPS) is 10.5. The number of aromatic nitrogens is 1. The molecule has 0 fully saturated rings. The molecule has 1 aromatic carbocycles. The molecule has 0 saturated carbocycles. The number of carbonyl (C=O) groups excluding carboxylic acids is 1. The molecule has 0 unspecified atom stereocenters. The van der Waals surface area contributed by atoms with Crippen LogP contribution in [0, 0.1) is 0 Å². The van der Waals surface area contributed by atoms with Gasteiger partial charge < -0.3 is 10.6 Å². The molecule has 2 rings (SSSR count). The maximum Gasteiger partial charge on any atom is 0.223 e. The van der Waals surface area contributed by atoms with Gasteiger partial charge in [0.15, 0.2) is 0 Å². The van der Waals surface area contributed by atoms with E-state index in [2.05, 4.69) is 4.98 Å². The first-order valence-corrected chi connectivity index (χ1v) is 8.12. The van der Waals surface area contributed by atoms with Gasteiger partial charge in [-0.15, -0.1) is 11.3 Å². The Labute approximate surface area is 129 Å². The third-order valence-electron chi connectivity index (χ3n) is 3.28. The molecule has 0 aliphatic carbocycles. The summed E-state index contributed by atoms with van der Waals surface area (Å²) in [6.45, 7) is 1.96. The summed E-state index contributed by atoms with van der Waals surface area (Å²) in [4.78, 5) is 18.5. The number of aryl methyl sites for hydroxylation is 1. The molecule has 5 heteroatoms. The monoisotopic (exact) mass is 303 g/mol. The van der Waals surface area contributed by atoms with Crippen LogP contribution in [0.1, 0.15) is 24.1 Å². The molecule has 0 aliphatic heterocycles. The quantitative estimate of drug-likeness (QED) is 0.815. The lowest BCUT2D eigenvalue weighted by molar-refractivity contribution is -0.131. The number of nitrogens with two attached hydrogens (primary N) is 1. The predicted molar refractivity (Wildman–Crippen MR) is 86.0 cm³/mol. The summed E-state index contributed by atoms with van der Waals surface area (Å²) in [6.07, 6.45) is 2.03. The molecule has 0 saturated heterocycles. The van der Waals surface area contributed by atoms with E-state index in [9.17, 15) is 4.79 Å². The van der Waals surface area contributed by atoms with Crippen LogP contribution in [0.15, 0.2) is 41.2 Å². The number of carbonyl (C=O) groups is 1. The first-order valence-electron chi connectivity index (χ1n) is 7.18. The smallest absolute Gasteiger partial charge is 0.223 e. The Morgan fingerprint density at radius 1 is 1.29 bits per heavy atom. The summed E-state index contributed by atoms with van der Waals surface area (Å²) in [7, 11) is 0. The van der Waals surface area contributed by atoms with Crippen LogP contribution in [0.25, 0.3) is 0 Å². The van der Waals surface area contributed by atoms with Crippen LogP contribution >= 0.6 is 11.3 Å². The van der Waals surface area contributed by atoms with E-state index in [1.54, 1.807) is 16.8 Å². The van der Waals surface area contributed by atoms with Crippen LogP contribution in [-0.4, -0.2) is 28.9 Å². The zero-order chi connectivity index (χ0) is 14.9. The van der Waals surface area contributed by atoms with Gasteiger partial charge >= 0.3 is 0 Å². The van der Waals surface area contributed by atoms with Gasteiger partial charge in [0.1, 0.15) is 0 Å². The molecule has 0 aliphatic rings. The lowest BCUT2D eigenvalue weighted by atomic mass is 10.1.